The third-order valence-corrected chi connectivity index (χ3v) is 4.71. The van der Waals surface area contributed by atoms with Crippen molar-refractivity contribution >= 4 is 32.4 Å². The van der Waals surface area contributed by atoms with Crippen LogP contribution in [0.3, 0.4) is 0 Å². The maximum absolute atomic E-state index is 6.00. The number of hydrogen-bond acceptors (Lipinski definition) is 4. The fraction of sp³-hybridized carbons (Fsp3) is 0.545. The van der Waals surface area contributed by atoms with Gasteiger partial charge in [-0.3, -0.25) is 0 Å². The van der Waals surface area contributed by atoms with Crippen LogP contribution in [0.2, 0.25) is 5.02 Å². The lowest BCUT2D eigenvalue weighted by Crippen LogP contribution is -2.25. The Morgan fingerprint density at radius 2 is 2.39 bits per heavy atom. The van der Waals surface area contributed by atoms with E-state index in [4.69, 9.17) is 32.3 Å². The molecule has 100 valence electrons. The summed E-state index contributed by atoms with van der Waals surface area (Å²) in [5.74, 6) is 1.09. The van der Waals surface area contributed by atoms with E-state index in [1.165, 1.54) is 7.11 Å². The molecule has 4 nitrogen and oxygen atoms in total. The lowest BCUT2D eigenvalue weighted by Gasteiger charge is -2.16. The lowest BCUT2D eigenvalue weighted by atomic mass is 10.3. The maximum Gasteiger partial charge on any atom is 0.232 e. The number of hydrogen-bond donors (Lipinski definition) is 0. The summed E-state index contributed by atoms with van der Waals surface area (Å²) in [7, 11) is 1.43. The van der Waals surface area contributed by atoms with Crippen molar-refractivity contribution in [3.05, 3.63) is 17.3 Å². The van der Waals surface area contributed by atoms with Crippen LogP contribution < -0.4 is 9.47 Å². The summed E-state index contributed by atoms with van der Waals surface area (Å²) < 4.78 is 13.1. The normalized spacial score (nSPS) is 21.8. The van der Waals surface area contributed by atoms with Crippen LogP contribution in [0.15, 0.2) is 12.3 Å². The van der Waals surface area contributed by atoms with Crippen LogP contribution in [0.1, 0.15) is 6.42 Å². The zero-order valence-electron chi connectivity index (χ0n) is 10.3. The van der Waals surface area contributed by atoms with Crippen LogP contribution in [-0.2, 0) is 20.8 Å². The largest absolute Gasteiger partial charge is 0.487 e. The minimum absolute atomic E-state index is 0.104. The van der Waals surface area contributed by atoms with E-state index in [-0.39, 0.29) is 15.7 Å². The van der Waals surface area contributed by atoms with Gasteiger partial charge in [0.05, 0.1) is 13.3 Å². The van der Waals surface area contributed by atoms with E-state index in [1.807, 2.05) is 6.26 Å². The second kappa shape index (κ2) is 6.14. The van der Waals surface area contributed by atoms with E-state index in [1.54, 1.807) is 12.3 Å². The summed E-state index contributed by atoms with van der Waals surface area (Å²) in [6.07, 6.45) is 4.82. The summed E-state index contributed by atoms with van der Waals surface area (Å²) in [4.78, 5) is 4.08. The number of rotatable bonds is 4. The molecule has 2 rings (SSSR count). The molecule has 0 N–H and O–H groups in total. The molecule has 0 bridgehead atoms. The molecule has 1 aliphatic rings. The van der Waals surface area contributed by atoms with Gasteiger partial charge in [0.1, 0.15) is 16.9 Å². The zero-order valence-corrected chi connectivity index (χ0v) is 12.6. The fourth-order valence-electron chi connectivity index (χ4n) is 1.84. The molecule has 0 radical (unpaired) electrons. The molecule has 18 heavy (non-hydrogen) atoms. The van der Waals surface area contributed by atoms with Crippen LogP contribution in [0, 0.1) is 0 Å². The Morgan fingerprint density at radius 1 is 1.61 bits per heavy atom. The summed E-state index contributed by atoms with van der Waals surface area (Å²) in [5, 5.41) is 0.461. The first-order valence-electron chi connectivity index (χ1n) is 5.55. The van der Waals surface area contributed by atoms with Gasteiger partial charge in [0.15, 0.2) is 0 Å². The summed E-state index contributed by atoms with van der Waals surface area (Å²) >= 11 is 11.3. The van der Waals surface area contributed by atoms with Crippen molar-refractivity contribution in [2.75, 3.05) is 26.5 Å². The molecule has 0 spiro atoms. The summed E-state index contributed by atoms with van der Waals surface area (Å²) in [6.45, 7) is 1.86. The Balaban J connectivity index is 1.98. The van der Waals surface area contributed by atoms with E-state index < -0.39 is 0 Å². The van der Waals surface area contributed by atoms with Gasteiger partial charge >= 0.3 is 0 Å². The Morgan fingerprint density at radius 3 is 2.94 bits per heavy atom. The minimum atomic E-state index is -0.104. The number of methoxy groups -OCH3 is 1. The van der Waals surface area contributed by atoms with Crippen LogP contribution in [0.5, 0.6) is 11.6 Å². The van der Waals surface area contributed by atoms with Crippen molar-refractivity contribution < 1.29 is 9.47 Å². The van der Waals surface area contributed by atoms with Gasteiger partial charge in [-0.2, -0.15) is 0 Å². The molecule has 2 unspecified atom stereocenters. The van der Waals surface area contributed by atoms with Gasteiger partial charge in [-0.1, -0.05) is 21.2 Å². The maximum atomic E-state index is 6.00. The molecule has 2 heterocycles. The van der Waals surface area contributed by atoms with Crippen LogP contribution in [-0.4, -0.2) is 41.8 Å². The highest BCUT2D eigenvalue weighted by Gasteiger charge is 2.25. The molecule has 1 aromatic rings. The van der Waals surface area contributed by atoms with Crippen molar-refractivity contribution in [1.82, 2.24) is 9.29 Å². The first-order chi connectivity index (χ1) is 8.60. The first-order valence-corrected chi connectivity index (χ1v) is 8.44. The second-order valence-electron chi connectivity index (χ2n) is 4.00. The van der Waals surface area contributed by atoms with Crippen LogP contribution in [0.4, 0.5) is 0 Å². The number of ether oxygens (including phenoxy) is 2. The molecule has 7 heteroatoms. The SMILES string of the molecule is COc1ncc(OC2CCN(S(C)=S)C2)cc1Cl. The second-order valence-corrected chi connectivity index (χ2v) is 7.22. The predicted molar refractivity (Wildman–Crippen MR) is 77.1 cm³/mol. The molecule has 1 aliphatic heterocycles. The molecular formula is C11H15ClN2O2S2. The van der Waals surface area contributed by atoms with Crippen molar-refractivity contribution in [1.29, 1.82) is 0 Å². The number of pyridine rings is 1. The molecule has 0 amide bonds. The van der Waals surface area contributed by atoms with Crippen molar-refractivity contribution in [2.45, 2.75) is 12.5 Å². The van der Waals surface area contributed by atoms with E-state index in [0.717, 1.165) is 19.5 Å². The van der Waals surface area contributed by atoms with E-state index in [2.05, 4.69) is 9.29 Å². The van der Waals surface area contributed by atoms with Gasteiger partial charge in [-0.05, 0) is 17.6 Å². The number of nitrogens with zero attached hydrogens (tertiary/aromatic N) is 2. The first kappa shape index (κ1) is 14.0. The Labute approximate surface area is 119 Å². The Bertz CT molecular complexity index is 459. The monoisotopic (exact) mass is 306 g/mol. The topological polar surface area (TPSA) is 34.6 Å². The van der Waals surface area contributed by atoms with Gasteiger partial charge in [0.25, 0.3) is 0 Å². The summed E-state index contributed by atoms with van der Waals surface area (Å²) in [6, 6.07) is 1.73. The highest BCUT2D eigenvalue weighted by molar-refractivity contribution is 8.27. The summed E-state index contributed by atoms with van der Waals surface area (Å²) in [5.41, 5.74) is 0. The molecule has 0 saturated carbocycles. The molecular weight excluding hydrogens is 292 g/mol. The van der Waals surface area contributed by atoms with Crippen molar-refractivity contribution in [3.63, 3.8) is 0 Å². The van der Waals surface area contributed by atoms with Crippen LogP contribution >= 0.6 is 11.6 Å². The van der Waals surface area contributed by atoms with E-state index in [0.29, 0.717) is 16.7 Å². The third kappa shape index (κ3) is 3.32. The quantitative estimate of drug-likeness (QED) is 0.848. The van der Waals surface area contributed by atoms with Gasteiger partial charge in [0, 0.05) is 25.4 Å². The molecule has 1 aromatic heterocycles. The Kier molecular flexibility index (Phi) is 4.77. The van der Waals surface area contributed by atoms with E-state index >= 15 is 0 Å². The standard InChI is InChI=1S/C11H15ClN2O2S2/c1-15-11-10(12)5-9(6-13-11)16-8-3-4-14(7-8)18(2)17/h5-6,8H,3-4,7H2,1-2H3. The van der Waals surface area contributed by atoms with Crippen molar-refractivity contribution in [2.24, 2.45) is 0 Å². The number of aromatic nitrogens is 1. The van der Waals surface area contributed by atoms with Gasteiger partial charge < -0.3 is 9.47 Å². The van der Waals surface area contributed by atoms with Crippen molar-refractivity contribution in [3.8, 4) is 11.6 Å². The fourth-order valence-corrected chi connectivity index (χ4v) is 3.22. The van der Waals surface area contributed by atoms with Gasteiger partial charge in [0.2, 0.25) is 5.88 Å². The predicted octanol–water partition coefficient (Wildman–Crippen LogP) is 1.82. The van der Waals surface area contributed by atoms with Gasteiger partial charge in [-0.15, -0.1) is 0 Å². The third-order valence-electron chi connectivity index (χ3n) is 2.75. The van der Waals surface area contributed by atoms with Gasteiger partial charge in [-0.25, -0.2) is 9.29 Å². The minimum Gasteiger partial charge on any atom is -0.487 e. The highest BCUT2D eigenvalue weighted by atomic mass is 35.5. The average molecular weight is 307 g/mol. The molecule has 0 aliphatic carbocycles. The smallest absolute Gasteiger partial charge is 0.232 e. The zero-order chi connectivity index (χ0) is 13.1. The average Bonchev–Trinajstić information content (AvgIpc) is 2.78. The highest BCUT2D eigenvalue weighted by Crippen LogP contribution is 2.27. The number of halogens is 1. The van der Waals surface area contributed by atoms with Crippen LogP contribution in [0.25, 0.3) is 0 Å². The molecule has 2 atom stereocenters. The Hall–Kier alpha value is -0.430. The molecule has 1 saturated heterocycles. The molecule has 1 fully saturated rings. The lowest BCUT2D eigenvalue weighted by molar-refractivity contribution is 0.215. The van der Waals surface area contributed by atoms with E-state index in [9.17, 15) is 0 Å². The molecule has 0 aromatic carbocycles.